The summed E-state index contributed by atoms with van der Waals surface area (Å²) in [5.41, 5.74) is 5.50. The number of nitrogens with two attached hydrogens (primary N) is 1. The topological polar surface area (TPSA) is 107 Å². The van der Waals surface area contributed by atoms with Crippen molar-refractivity contribution in [3.8, 4) is 11.8 Å². The maximum absolute atomic E-state index is 11.6. The Morgan fingerprint density at radius 1 is 0.828 bits per heavy atom. The van der Waals surface area contributed by atoms with Crippen LogP contribution in [0.1, 0.15) is 110 Å². The third-order valence-corrected chi connectivity index (χ3v) is 4.65. The molecule has 0 aliphatic carbocycles. The van der Waals surface area contributed by atoms with Crippen LogP contribution in [0.2, 0.25) is 0 Å². The quantitative estimate of drug-likeness (QED) is 0.156. The van der Waals surface area contributed by atoms with Crippen molar-refractivity contribution in [2.45, 2.75) is 116 Å². The third-order valence-electron chi connectivity index (χ3n) is 4.65. The summed E-state index contributed by atoms with van der Waals surface area (Å²) in [4.78, 5) is 33.6. The minimum atomic E-state index is -1.07. The molecular formula is C23H39NO5. The Bertz CT molecular complexity index is 521. The van der Waals surface area contributed by atoms with Gasteiger partial charge in [0, 0.05) is 25.7 Å². The molecule has 0 amide bonds. The molecular weight excluding hydrogens is 370 g/mol. The van der Waals surface area contributed by atoms with Gasteiger partial charge in [-0.05, 0) is 25.7 Å². The van der Waals surface area contributed by atoms with Crippen molar-refractivity contribution in [3.63, 3.8) is 0 Å². The Morgan fingerprint density at radius 2 is 1.34 bits per heavy atom. The Morgan fingerprint density at radius 3 is 1.90 bits per heavy atom. The summed E-state index contributed by atoms with van der Waals surface area (Å²) in [6, 6.07) is -1.07. The van der Waals surface area contributed by atoms with Gasteiger partial charge in [0.15, 0.2) is 0 Å². The number of ether oxygens (including phenoxy) is 1. The van der Waals surface area contributed by atoms with E-state index in [2.05, 4.69) is 23.5 Å². The second kappa shape index (κ2) is 19.4. The van der Waals surface area contributed by atoms with E-state index in [4.69, 9.17) is 10.8 Å². The van der Waals surface area contributed by atoms with E-state index in [1.165, 1.54) is 38.5 Å². The van der Waals surface area contributed by atoms with Crippen LogP contribution in [-0.4, -0.2) is 29.1 Å². The van der Waals surface area contributed by atoms with E-state index in [-0.39, 0.29) is 19.3 Å². The summed E-state index contributed by atoms with van der Waals surface area (Å²) >= 11 is 0. The van der Waals surface area contributed by atoms with E-state index >= 15 is 0 Å². The second-order valence-corrected chi connectivity index (χ2v) is 7.47. The molecule has 0 aromatic carbocycles. The highest BCUT2D eigenvalue weighted by Gasteiger charge is 2.19. The molecule has 0 heterocycles. The molecule has 3 N–H and O–H groups in total. The van der Waals surface area contributed by atoms with Gasteiger partial charge in [-0.3, -0.25) is 9.59 Å². The minimum absolute atomic E-state index is 0.0384. The summed E-state index contributed by atoms with van der Waals surface area (Å²) < 4.78 is 4.65. The van der Waals surface area contributed by atoms with E-state index < -0.39 is 23.9 Å². The summed E-state index contributed by atoms with van der Waals surface area (Å²) in [7, 11) is 0. The molecule has 0 bridgehead atoms. The molecule has 0 aliphatic rings. The Kier molecular flexibility index (Phi) is 18.2. The van der Waals surface area contributed by atoms with Crippen molar-refractivity contribution in [1.29, 1.82) is 0 Å². The molecule has 0 aromatic heterocycles. The molecule has 166 valence electrons. The number of carboxylic acid groups (broad SMARTS) is 1. The van der Waals surface area contributed by atoms with Crippen molar-refractivity contribution >= 4 is 17.9 Å². The van der Waals surface area contributed by atoms with Gasteiger partial charge >= 0.3 is 17.9 Å². The van der Waals surface area contributed by atoms with Crippen LogP contribution in [0.3, 0.4) is 0 Å². The van der Waals surface area contributed by atoms with Crippen molar-refractivity contribution in [2.24, 2.45) is 5.73 Å². The van der Waals surface area contributed by atoms with Gasteiger partial charge in [0.05, 0.1) is 0 Å². The van der Waals surface area contributed by atoms with Crippen molar-refractivity contribution in [2.75, 3.05) is 0 Å². The lowest BCUT2D eigenvalue weighted by molar-refractivity contribution is -0.160. The van der Waals surface area contributed by atoms with E-state index in [0.29, 0.717) is 6.42 Å². The largest absolute Gasteiger partial charge is 0.481 e. The molecule has 0 spiro atoms. The van der Waals surface area contributed by atoms with Crippen LogP contribution in [0.5, 0.6) is 0 Å². The van der Waals surface area contributed by atoms with Crippen LogP contribution in [0.25, 0.3) is 0 Å². The number of hydrogen-bond acceptors (Lipinski definition) is 5. The minimum Gasteiger partial charge on any atom is -0.481 e. The molecule has 1 atom stereocenters. The lowest BCUT2D eigenvalue weighted by Crippen LogP contribution is -2.34. The lowest BCUT2D eigenvalue weighted by atomic mass is 10.1. The highest BCUT2D eigenvalue weighted by Crippen LogP contribution is 2.09. The molecule has 0 fully saturated rings. The average molecular weight is 410 g/mol. The zero-order chi connectivity index (χ0) is 21.7. The predicted octanol–water partition coefficient (Wildman–Crippen LogP) is 4.73. The van der Waals surface area contributed by atoms with E-state index in [9.17, 15) is 14.4 Å². The van der Waals surface area contributed by atoms with Gasteiger partial charge in [0.2, 0.25) is 0 Å². The van der Waals surface area contributed by atoms with Crippen LogP contribution >= 0.6 is 0 Å². The van der Waals surface area contributed by atoms with Crippen LogP contribution in [0.15, 0.2) is 0 Å². The number of unbranched alkanes of at least 4 members (excludes halogenated alkanes) is 11. The first-order chi connectivity index (χ1) is 14.0. The van der Waals surface area contributed by atoms with Crippen LogP contribution in [-0.2, 0) is 19.1 Å². The van der Waals surface area contributed by atoms with Crippen LogP contribution < -0.4 is 5.73 Å². The fourth-order valence-electron chi connectivity index (χ4n) is 2.82. The van der Waals surface area contributed by atoms with Gasteiger partial charge < -0.3 is 15.6 Å². The van der Waals surface area contributed by atoms with E-state index in [1.807, 2.05) is 0 Å². The Balaban J connectivity index is 3.50. The van der Waals surface area contributed by atoms with E-state index in [0.717, 1.165) is 38.5 Å². The zero-order valence-corrected chi connectivity index (χ0v) is 18.0. The van der Waals surface area contributed by atoms with Crippen LogP contribution in [0.4, 0.5) is 0 Å². The highest BCUT2D eigenvalue weighted by molar-refractivity contribution is 5.88. The molecule has 0 radical (unpaired) electrons. The Labute approximate surface area is 175 Å². The standard InChI is InChI=1S/C23H39NO5/c1-2-3-4-5-6-7-8-9-10-11-12-13-14-15-16-17-22(27)29-23(28)20(24)18-19-21(25)26/h20H,2-8,11-19,24H2,1H3,(H,25,26)/t20-/m1/s1. The fraction of sp³-hybridized carbons (Fsp3) is 0.783. The van der Waals surface area contributed by atoms with Gasteiger partial charge in [-0.1, -0.05) is 58.3 Å². The Hall–Kier alpha value is -1.87. The highest BCUT2D eigenvalue weighted by atomic mass is 16.6. The maximum atomic E-state index is 11.6. The summed E-state index contributed by atoms with van der Waals surface area (Å²) in [6.07, 6.45) is 14.4. The number of hydrogen-bond donors (Lipinski definition) is 2. The summed E-state index contributed by atoms with van der Waals surface area (Å²) in [6.45, 7) is 2.23. The normalized spacial score (nSPS) is 11.4. The summed E-state index contributed by atoms with van der Waals surface area (Å²) in [5, 5.41) is 8.55. The number of esters is 2. The molecule has 6 heteroatoms. The van der Waals surface area contributed by atoms with Crippen LogP contribution in [0, 0.1) is 11.8 Å². The van der Waals surface area contributed by atoms with Crippen molar-refractivity contribution in [1.82, 2.24) is 0 Å². The molecule has 0 saturated carbocycles. The number of aliphatic carboxylic acids is 1. The van der Waals surface area contributed by atoms with Crippen molar-refractivity contribution < 1.29 is 24.2 Å². The molecule has 0 rings (SSSR count). The molecule has 0 aromatic rings. The monoisotopic (exact) mass is 409 g/mol. The van der Waals surface area contributed by atoms with E-state index in [1.54, 1.807) is 0 Å². The lowest BCUT2D eigenvalue weighted by Gasteiger charge is -2.08. The fourth-order valence-corrected chi connectivity index (χ4v) is 2.82. The zero-order valence-electron chi connectivity index (χ0n) is 18.0. The van der Waals surface area contributed by atoms with Crippen molar-refractivity contribution in [3.05, 3.63) is 0 Å². The second-order valence-electron chi connectivity index (χ2n) is 7.47. The first-order valence-electron chi connectivity index (χ1n) is 11.1. The smallest absolute Gasteiger partial charge is 0.330 e. The third kappa shape index (κ3) is 19.2. The number of carboxylic acids is 1. The first kappa shape index (κ1) is 27.1. The molecule has 0 saturated heterocycles. The maximum Gasteiger partial charge on any atom is 0.330 e. The number of carbonyl (C=O) groups is 3. The van der Waals surface area contributed by atoms with Gasteiger partial charge in [-0.15, -0.1) is 11.8 Å². The average Bonchev–Trinajstić information content (AvgIpc) is 2.68. The first-order valence-corrected chi connectivity index (χ1v) is 11.1. The molecule has 29 heavy (non-hydrogen) atoms. The predicted molar refractivity (Wildman–Crippen MR) is 114 cm³/mol. The molecule has 0 unspecified atom stereocenters. The van der Waals surface area contributed by atoms with Gasteiger partial charge in [0.25, 0.3) is 0 Å². The molecule has 6 nitrogen and oxygen atoms in total. The molecule has 0 aliphatic heterocycles. The summed E-state index contributed by atoms with van der Waals surface area (Å²) in [5.74, 6) is 4.00. The SMILES string of the molecule is CCCCCCCCC#CCCCCCCCC(=O)OC(=O)[C@H](N)CCC(=O)O. The van der Waals surface area contributed by atoms with Gasteiger partial charge in [-0.25, -0.2) is 4.79 Å². The number of carbonyl (C=O) groups excluding carboxylic acids is 2. The number of rotatable bonds is 17. The van der Waals surface area contributed by atoms with Gasteiger partial charge in [0.1, 0.15) is 6.04 Å². The van der Waals surface area contributed by atoms with Gasteiger partial charge in [-0.2, -0.15) is 0 Å².